The lowest BCUT2D eigenvalue weighted by Gasteiger charge is -2.29. The number of hydrogen-bond acceptors (Lipinski definition) is 3. The summed E-state index contributed by atoms with van der Waals surface area (Å²) in [6, 6.07) is 15.0. The van der Waals surface area contributed by atoms with Crippen LogP contribution in [0.2, 0.25) is 0 Å². The summed E-state index contributed by atoms with van der Waals surface area (Å²) < 4.78 is 0. The first kappa shape index (κ1) is 20.5. The van der Waals surface area contributed by atoms with Gasteiger partial charge in [-0.3, -0.25) is 14.5 Å². The van der Waals surface area contributed by atoms with E-state index in [1.165, 1.54) is 4.90 Å². The van der Waals surface area contributed by atoms with Gasteiger partial charge in [0, 0.05) is 12.1 Å². The fourth-order valence-corrected chi connectivity index (χ4v) is 5.59. The average molecular weight is 430 g/mol. The van der Waals surface area contributed by atoms with E-state index in [2.05, 4.69) is 22.8 Å². The molecule has 1 saturated heterocycles. The number of carbonyl (C=O) groups excluding carboxylic acids is 3. The molecule has 164 valence electrons. The number of benzene rings is 2. The number of anilines is 1. The molecule has 2 bridgehead atoms. The van der Waals surface area contributed by atoms with Gasteiger partial charge in [-0.2, -0.15) is 0 Å². The molecule has 0 aromatic heterocycles. The van der Waals surface area contributed by atoms with E-state index in [4.69, 9.17) is 0 Å². The van der Waals surface area contributed by atoms with Gasteiger partial charge in [0.25, 0.3) is 0 Å². The molecule has 3 aliphatic rings. The molecule has 0 spiro atoms. The van der Waals surface area contributed by atoms with Crippen LogP contribution in [0.4, 0.5) is 10.5 Å². The van der Waals surface area contributed by atoms with Crippen LogP contribution in [-0.4, -0.2) is 28.9 Å². The van der Waals surface area contributed by atoms with Crippen molar-refractivity contribution in [2.24, 2.45) is 23.7 Å². The normalized spacial score (nSPS) is 26.4. The molecule has 2 fully saturated rings. The fourth-order valence-electron chi connectivity index (χ4n) is 5.59. The molecule has 2 aromatic carbocycles. The Hall–Kier alpha value is -3.41. The lowest BCUT2D eigenvalue weighted by Crippen LogP contribution is -2.54. The fraction of sp³-hybridized carbons (Fsp3) is 0.346. The van der Waals surface area contributed by atoms with Crippen LogP contribution in [0.5, 0.6) is 0 Å². The average Bonchev–Trinajstić information content (AvgIpc) is 3.45. The minimum atomic E-state index is -0.744. The van der Waals surface area contributed by atoms with Crippen LogP contribution in [-0.2, 0) is 16.0 Å². The van der Waals surface area contributed by atoms with E-state index < -0.39 is 12.2 Å². The van der Waals surface area contributed by atoms with Crippen molar-refractivity contribution < 1.29 is 14.4 Å². The summed E-state index contributed by atoms with van der Waals surface area (Å²) in [5, 5.41) is 5.84. The molecule has 2 aromatic rings. The zero-order valence-electron chi connectivity index (χ0n) is 18.2. The zero-order valence-corrected chi connectivity index (χ0v) is 18.2. The number of nitrogens with zero attached hydrogens (tertiary/aromatic N) is 1. The Morgan fingerprint density at radius 1 is 0.938 bits per heavy atom. The number of allylic oxidation sites excluding steroid dienone is 2. The topological polar surface area (TPSA) is 78.5 Å². The van der Waals surface area contributed by atoms with Crippen LogP contribution in [0.3, 0.4) is 0 Å². The van der Waals surface area contributed by atoms with Crippen molar-refractivity contribution in [2.45, 2.75) is 32.9 Å². The maximum absolute atomic E-state index is 13.4. The molecule has 1 heterocycles. The van der Waals surface area contributed by atoms with Gasteiger partial charge in [0.2, 0.25) is 11.8 Å². The smallest absolute Gasteiger partial charge is 0.317 e. The number of nitrogens with one attached hydrogen (secondary N) is 2. The van der Waals surface area contributed by atoms with Crippen LogP contribution in [0.15, 0.2) is 60.7 Å². The number of carbonyl (C=O) groups is 3. The molecule has 4 amide bonds. The number of urea groups is 1. The highest BCUT2D eigenvalue weighted by atomic mass is 16.2. The molecule has 5 rings (SSSR count). The second-order valence-corrected chi connectivity index (χ2v) is 9.12. The quantitative estimate of drug-likeness (QED) is 0.561. The first-order chi connectivity index (χ1) is 15.4. The largest absolute Gasteiger partial charge is 0.320 e. The van der Waals surface area contributed by atoms with E-state index >= 15 is 0 Å². The first-order valence-corrected chi connectivity index (χ1v) is 11.2. The van der Waals surface area contributed by atoms with Gasteiger partial charge in [-0.05, 0) is 48.8 Å². The van der Waals surface area contributed by atoms with Gasteiger partial charge < -0.3 is 10.6 Å². The van der Waals surface area contributed by atoms with Gasteiger partial charge in [-0.25, -0.2) is 4.79 Å². The highest BCUT2D eigenvalue weighted by Gasteiger charge is 2.60. The van der Waals surface area contributed by atoms with Crippen molar-refractivity contribution in [1.29, 1.82) is 0 Å². The molecule has 1 saturated carbocycles. The van der Waals surface area contributed by atoms with Gasteiger partial charge in [-0.1, -0.05) is 60.7 Å². The molecular formula is C26H27N3O3. The summed E-state index contributed by atoms with van der Waals surface area (Å²) in [6.07, 6.45) is 4.65. The number of imide groups is 1. The Labute approximate surface area is 187 Å². The summed E-state index contributed by atoms with van der Waals surface area (Å²) in [5.74, 6) is -0.645. The monoisotopic (exact) mass is 429 g/mol. The summed E-state index contributed by atoms with van der Waals surface area (Å²) >= 11 is 0. The van der Waals surface area contributed by atoms with Crippen LogP contribution in [0, 0.1) is 37.5 Å². The van der Waals surface area contributed by atoms with Gasteiger partial charge in [0.05, 0.1) is 11.8 Å². The SMILES string of the molecule is Cc1cccc(C)c1NC(=O)NC(Cc1ccccc1)N1C(=O)C2C3C=CC(C3)C2C1=O. The maximum atomic E-state index is 13.4. The summed E-state index contributed by atoms with van der Waals surface area (Å²) in [6.45, 7) is 3.86. The van der Waals surface area contributed by atoms with Crippen molar-refractivity contribution in [3.05, 3.63) is 77.4 Å². The van der Waals surface area contributed by atoms with Crippen LogP contribution in [0.1, 0.15) is 23.1 Å². The Balaban J connectivity index is 1.41. The van der Waals surface area contributed by atoms with E-state index in [-0.39, 0.29) is 35.5 Å². The Bertz CT molecular complexity index is 1060. The number of rotatable bonds is 5. The third-order valence-corrected chi connectivity index (χ3v) is 7.11. The summed E-state index contributed by atoms with van der Waals surface area (Å²) in [5.41, 5.74) is 3.58. The van der Waals surface area contributed by atoms with E-state index in [1.807, 2.05) is 62.4 Å². The number of hydrogen-bond donors (Lipinski definition) is 2. The first-order valence-electron chi connectivity index (χ1n) is 11.2. The van der Waals surface area contributed by atoms with Crippen molar-refractivity contribution in [1.82, 2.24) is 10.2 Å². The van der Waals surface area contributed by atoms with Crippen LogP contribution >= 0.6 is 0 Å². The molecule has 2 N–H and O–H groups in total. The molecule has 2 aliphatic carbocycles. The third kappa shape index (κ3) is 3.40. The van der Waals surface area contributed by atoms with Gasteiger partial charge >= 0.3 is 6.03 Å². The lowest BCUT2D eigenvalue weighted by molar-refractivity contribution is -0.143. The highest BCUT2D eigenvalue weighted by Crippen LogP contribution is 2.52. The molecular weight excluding hydrogens is 402 g/mol. The third-order valence-electron chi connectivity index (χ3n) is 7.11. The summed E-state index contributed by atoms with van der Waals surface area (Å²) in [7, 11) is 0. The number of aryl methyl sites for hydroxylation is 2. The van der Waals surface area contributed by atoms with E-state index in [1.54, 1.807) is 0 Å². The van der Waals surface area contributed by atoms with Crippen LogP contribution < -0.4 is 10.6 Å². The standard InChI is InChI=1S/C26H27N3O3/c1-15-7-6-8-16(2)23(15)28-26(32)27-20(13-17-9-4-3-5-10-17)29-24(30)21-18-11-12-19(14-18)22(21)25(29)31/h3-12,18-22H,13-14H2,1-2H3,(H2,27,28,32). The molecule has 6 nitrogen and oxygen atoms in total. The van der Waals surface area contributed by atoms with Crippen molar-refractivity contribution in [3.8, 4) is 0 Å². The summed E-state index contributed by atoms with van der Waals surface area (Å²) in [4.78, 5) is 41.0. The predicted molar refractivity (Wildman–Crippen MR) is 122 cm³/mol. The van der Waals surface area contributed by atoms with Gasteiger partial charge in [0.15, 0.2) is 0 Å². The number of amides is 4. The van der Waals surface area contributed by atoms with E-state index in [0.717, 1.165) is 28.8 Å². The molecule has 1 aliphatic heterocycles. The Kier molecular flexibility index (Phi) is 5.08. The van der Waals surface area contributed by atoms with Gasteiger partial charge in [0.1, 0.15) is 6.17 Å². The zero-order chi connectivity index (χ0) is 22.4. The van der Waals surface area contributed by atoms with E-state index in [0.29, 0.717) is 6.42 Å². The Morgan fingerprint density at radius 2 is 1.53 bits per heavy atom. The lowest BCUT2D eigenvalue weighted by atomic mass is 9.85. The second kappa shape index (κ2) is 7.93. The molecule has 5 unspecified atom stereocenters. The predicted octanol–water partition coefficient (Wildman–Crippen LogP) is 3.80. The number of likely N-dealkylation sites (tertiary alicyclic amines) is 1. The van der Waals surface area contributed by atoms with Crippen molar-refractivity contribution >= 4 is 23.5 Å². The minimum absolute atomic E-state index is 0.132. The second-order valence-electron chi connectivity index (χ2n) is 9.12. The minimum Gasteiger partial charge on any atom is -0.317 e. The maximum Gasteiger partial charge on any atom is 0.320 e. The number of fused-ring (bicyclic) bond motifs is 5. The molecule has 6 heteroatoms. The van der Waals surface area contributed by atoms with E-state index in [9.17, 15) is 14.4 Å². The molecule has 0 radical (unpaired) electrons. The van der Waals surface area contributed by atoms with Crippen molar-refractivity contribution in [2.75, 3.05) is 5.32 Å². The van der Waals surface area contributed by atoms with Crippen molar-refractivity contribution in [3.63, 3.8) is 0 Å². The van der Waals surface area contributed by atoms with Gasteiger partial charge in [-0.15, -0.1) is 0 Å². The Morgan fingerprint density at radius 3 is 2.12 bits per heavy atom. The highest BCUT2D eigenvalue weighted by molar-refractivity contribution is 6.07. The van der Waals surface area contributed by atoms with Crippen LogP contribution in [0.25, 0.3) is 0 Å². The number of para-hydroxylation sites is 1. The molecule has 32 heavy (non-hydrogen) atoms. The molecule has 5 atom stereocenters.